The Morgan fingerprint density at radius 3 is 2.67 bits per heavy atom. The highest BCUT2D eigenvalue weighted by molar-refractivity contribution is 5.66. The molecule has 0 aliphatic heterocycles. The summed E-state index contributed by atoms with van der Waals surface area (Å²) in [7, 11) is 1.52. The maximum atomic E-state index is 14.1. The number of rotatable bonds is 8. The van der Waals surface area contributed by atoms with Gasteiger partial charge in [0.2, 0.25) is 0 Å². The number of hydrogen-bond acceptors (Lipinski definition) is 3. The van der Waals surface area contributed by atoms with Crippen LogP contribution in [0.4, 0.5) is 4.39 Å². The highest BCUT2D eigenvalue weighted by atomic mass is 19.1. The van der Waals surface area contributed by atoms with Gasteiger partial charge in [0, 0.05) is 18.1 Å². The van der Waals surface area contributed by atoms with Crippen molar-refractivity contribution in [2.45, 2.75) is 63.6 Å². The second-order valence-corrected chi connectivity index (χ2v) is 7.35. The van der Waals surface area contributed by atoms with E-state index in [4.69, 9.17) is 14.6 Å². The maximum Gasteiger partial charge on any atom is 0.303 e. The van der Waals surface area contributed by atoms with Gasteiger partial charge in [0.05, 0.1) is 19.3 Å². The fraction of sp³-hybridized carbons (Fsp3) is 0.632. The molecule has 4 nitrogen and oxygen atoms in total. The zero-order valence-corrected chi connectivity index (χ0v) is 14.1. The van der Waals surface area contributed by atoms with Crippen molar-refractivity contribution < 1.29 is 23.8 Å². The van der Waals surface area contributed by atoms with Gasteiger partial charge < -0.3 is 14.6 Å². The van der Waals surface area contributed by atoms with Crippen molar-refractivity contribution in [1.29, 1.82) is 0 Å². The van der Waals surface area contributed by atoms with E-state index >= 15 is 0 Å². The Morgan fingerprint density at radius 1 is 1.29 bits per heavy atom. The van der Waals surface area contributed by atoms with Crippen molar-refractivity contribution in [3.8, 4) is 5.75 Å². The van der Waals surface area contributed by atoms with Crippen LogP contribution in [-0.2, 0) is 16.1 Å². The number of benzene rings is 1. The lowest BCUT2D eigenvalue weighted by Crippen LogP contribution is -2.26. The SMILES string of the molecule is COc1ccc(COC23CCC(CCCC(=O)O)(CC2)C3)c(F)c1. The van der Waals surface area contributed by atoms with Crippen LogP contribution in [0.15, 0.2) is 18.2 Å². The zero-order valence-electron chi connectivity index (χ0n) is 14.1. The number of fused-ring (bicyclic) bond motifs is 2. The van der Waals surface area contributed by atoms with Crippen LogP contribution in [0.2, 0.25) is 0 Å². The smallest absolute Gasteiger partial charge is 0.303 e. The number of carboxylic acid groups (broad SMARTS) is 1. The summed E-state index contributed by atoms with van der Waals surface area (Å²) < 4.78 is 25.2. The lowest BCUT2D eigenvalue weighted by atomic mass is 9.80. The lowest BCUT2D eigenvalue weighted by molar-refractivity contribution is -0.137. The molecule has 2 fully saturated rings. The van der Waals surface area contributed by atoms with Gasteiger partial charge in [0.25, 0.3) is 0 Å². The van der Waals surface area contributed by atoms with Crippen LogP contribution in [0.5, 0.6) is 5.75 Å². The molecule has 0 radical (unpaired) electrons. The normalized spacial score (nSPS) is 28.2. The van der Waals surface area contributed by atoms with E-state index in [0.29, 0.717) is 11.3 Å². The molecule has 3 rings (SSSR count). The number of ether oxygens (including phenoxy) is 2. The second kappa shape index (κ2) is 6.71. The van der Waals surface area contributed by atoms with Crippen molar-refractivity contribution in [1.82, 2.24) is 0 Å². The standard InChI is InChI=1S/C19H25FO4/c1-23-15-5-4-14(16(20)11-15)12-24-19-9-7-18(13-19,8-10-19)6-2-3-17(21)22/h4-5,11H,2-3,6-10,12-13H2,1H3,(H,21,22). The van der Waals surface area contributed by atoms with Gasteiger partial charge in [-0.2, -0.15) is 0 Å². The first-order chi connectivity index (χ1) is 11.5. The van der Waals surface area contributed by atoms with Crippen LogP contribution in [0.1, 0.15) is 56.9 Å². The molecule has 0 aromatic heterocycles. The third-order valence-corrected chi connectivity index (χ3v) is 5.81. The summed E-state index contributed by atoms with van der Waals surface area (Å²) in [5, 5.41) is 8.81. The maximum absolute atomic E-state index is 14.1. The number of carbonyl (C=O) groups is 1. The van der Waals surface area contributed by atoms with E-state index in [1.807, 2.05) is 0 Å². The minimum Gasteiger partial charge on any atom is -0.497 e. The predicted molar refractivity (Wildman–Crippen MR) is 87.5 cm³/mol. The van der Waals surface area contributed by atoms with Gasteiger partial charge >= 0.3 is 5.97 Å². The van der Waals surface area contributed by atoms with Gasteiger partial charge in [-0.15, -0.1) is 0 Å². The third-order valence-electron chi connectivity index (χ3n) is 5.81. The molecular formula is C19H25FO4. The molecule has 0 heterocycles. The molecule has 1 aromatic rings. The Kier molecular flexibility index (Phi) is 4.81. The minimum absolute atomic E-state index is 0.143. The van der Waals surface area contributed by atoms with E-state index < -0.39 is 5.97 Å². The van der Waals surface area contributed by atoms with E-state index in [9.17, 15) is 9.18 Å². The molecule has 2 bridgehead atoms. The van der Waals surface area contributed by atoms with Crippen molar-refractivity contribution in [2.75, 3.05) is 7.11 Å². The number of halogens is 1. The predicted octanol–water partition coefficient (Wildman–Crippen LogP) is 4.31. The third kappa shape index (κ3) is 3.56. The van der Waals surface area contributed by atoms with E-state index in [1.54, 1.807) is 12.1 Å². The van der Waals surface area contributed by atoms with Crippen molar-refractivity contribution >= 4 is 5.97 Å². The van der Waals surface area contributed by atoms with E-state index in [0.717, 1.165) is 44.9 Å². The Labute approximate surface area is 142 Å². The summed E-state index contributed by atoms with van der Waals surface area (Å²) >= 11 is 0. The highest BCUT2D eigenvalue weighted by Gasteiger charge is 2.54. The summed E-state index contributed by atoms with van der Waals surface area (Å²) in [4.78, 5) is 10.7. The summed E-state index contributed by atoms with van der Waals surface area (Å²) in [5.41, 5.74) is 0.657. The molecule has 0 spiro atoms. The van der Waals surface area contributed by atoms with Gasteiger partial charge in [-0.25, -0.2) is 4.39 Å². The topological polar surface area (TPSA) is 55.8 Å². The molecule has 2 saturated carbocycles. The van der Waals surface area contributed by atoms with Crippen molar-refractivity contribution in [3.05, 3.63) is 29.6 Å². The highest BCUT2D eigenvalue weighted by Crippen LogP contribution is 2.60. The average molecular weight is 336 g/mol. The Bertz CT molecular complexity index is 605. The van der Waals surface area contributed by atoms with Gasteiger partial charge in [-0.3, -0.25) is 4.79 Å². The molecule has 0 unspecified atom stereocenters. The summed E-state index contributed by atoms with van der Waals surface area (Å²) in [6, 6.07) is 4.85. The molecular weight excluding hydrogens is 311 g/mol. The van der Waals surface area contributed by atoms with E-state index in [2.05, 4.69) is 0 Å². The van der Waals surface area contributed by atoms with Crippen molar-refractivity contribution in [2.24, 2.45) is 5.41 Å². The molecule has 132 valence electrons. The van der Waals surface area contributed by atoms with E-state index in [1.165, 1.54) is 13.2 Å². The van der Waals surface area contributed by atoms with Crippen LogP contribution < -0.4 is 4.74 Å². The van der Waals surface area contributed by atoms with Crippen LogP contribution >= 0.6 is 0 Å². The number of carboxylic acids is 1. The monoisotopic (exact) mass is 336 g/mol. The molecule has 2 aliphatic carbocycles. The van der Waals surface area contributed by atoms with Crippen LogP contribution in [0, 0.1) is 11.2 Å². The minimum atomic E-state index is -0.722. The first-order valence-electron chi connectivity index (χ1n) is 8.64. The number of methoxy groups -OCH3 is 1. The second-order valence-electron chi connectivity index (χ2n) is 7.35. The molecule has 0 saturated heterocycles. The Balaban J connectivity index is 1.56. The van der Waals surface area contributed by atoms with Gasteiger partial charge in [-0.1, -0.05) is 6.07 Å². The van der Waals surface area contributed by atoms with Crippen LogP contribution in [0.3, 0.4) is 0 Å². The molecule has 24 heavy (non-hydrogen) atoms. The average Bonchev–Trinajstić information content (AvgIpc) is 3.09. The van der Waals surface area contributed by atoms with Crippen molar-refractivity contribution in [3.63, 3.8) is 0 Å². The molecule has 0 atom stereocenters. The summed E-state index contributed by atoms with van der Waals surface area (Å²) in [6.07, 6.45) is 7.11. The largest absolute Gasteiger partial charge is 0.497 e. The molecule has 5 heteroatoms. The van der Waals surface area contributed by atoms with Crippen LogP contribution in [0.25, 0.3) is 0 Å². The fourth-order valence-electron chi connectivity index (χ4n) is 4.42. The first-order valence-corrected chi connectivity index (χ1v) is 8.64. The molecule has 1 aromatic carbocycles. The molecule has 2 aliphatic rings. The number of hydrogen-bond donors (Lipinski definition) is 1. The fourth-order valence-corrected chi connectivity index (χ4v) is 4.42. The summed E-state index contributed by atoms with van der Waals surface area (Å²) in [6.45, 7) is 0.279. The first kappa shape index (κ1) is 17.2. The number of aliphatic carboxylic acids is 1. The van der Waals surface area contributed by atoms with Crippen LogP contribution in [-0.4, -0.2) is 23.8 Å². The molecule has 0 amide bonds. The van der Waals surface area contributed by atoms with Gasteiger partial charge in [-0.05, 0) is 56.4 Å². The summed E-state index contributed by atoms with van der Waals surface area (Å²) in [5.74, 6) is -0.511. The van der Waals surface area contributed by atoms with E-state index in [-0.39, 0.29) is 29.9 Å². The van der Waals surface area contributed by atoms with Gasteiger partial charge in [0.15, 0.2) is 0 Å². The quantitative estimate of drug-likeness (QED) is 0.768. The molecule has 1 N–H and O–H groups in total. The Hall–Kier alpha value is -1.62. The zero-order chi connectivity index (χ0) is 17.2. The Morgan fingerprint density at radius 2 is 2.04 bits per heavy atom. The lowest BCUT2D eigenvalue weighted by Gasteiger charge is -2.28. The van der Waals surface area contributed by atoms with Gasteiger partial charge in [0.1, 0.15) is 11.6 Å².